The Morgan fingerprint density at radius 1 is 1.26 bits per heavy atom. The molecular formula is C14H13ClN2O2. The molecule has 1 aromatic heterocycles. The molecule has 1 aliphatic carbocycles. The summed E-state index contributed by atoms with van der Waals surface area (Å²) in [6, 6.07) is 6.97. The van der Waals surface area contributed by atoms with Gasteiger partial charge in [-0.2, -0.15) is 0 Å². The summed E-state index contributed by atoms with van der Waals surface area (Å²) in [4.78, 5) is 12.5. The van der Waals surface area contributed by atoms with E-state index in [0.717, 1.165) is 21.1 Å². The highest BCUT2D eigenvalue weighted by atomic mass is 35.5. The number of fused-ring (bicyclic) bond motifs is 1. The molecule has 0 unspecified atom stereocenters. The summed E-state index contributed by atoms with van der Waals surface area (Å²) in [6.45, 7) is 1.68. The largest absolute Gasteiger partial charge is 0.805 e. The van der Waals surface area contributed by atoms with Gasteiger partial charge in [0, 0.05) is 16.4 Å². The van der Waals surface area contributed by atoms with E-state index >= 15 is 0 Å². The van der Waals surface area contributed by atoms with Crippen LogP contribution in [0.25, 0.3) is 11.3 Å². The van der Waals surface area contributed by atoms with Crippen LogP contribution in [0.5, 0.6) is 0 Å². The van der Waals surface area contributed by atoms with Crippen LogP contribution in [-0.2, 0) is 12.8 Å². The zero-order valence-corrected chi connectivity index (χ0v) is 11.3. The molecule has 1 aromatic carbocycles. The predicted molar refractivity (Wildman–Crippen MR) is 73.8 cm³/mol. The van der Waals surface area contributed by atoms with E-state index in [1.807, 2.05) is 0 Å². The van der Waals surface area contributed by atoms with Crippen molar-refractivity contribution in [3.63, 3.8) is 0 Å². The second-order valence-corrected chi connectivity index (χ2v) is 5.21. The minimum atomic E-state index is 0.423. The van der Waals surface area contributed by atoms with Gasteiger partial charge in [0.15, 0.2) is 0 Å². The molecule has 19 heavy (non-hydrogen) atoms. The van der Waals surface area contributed by atoms with Gasteiger partial charge < -0.3 is 9.94 Å². The Labute approximate surface area is 115 Å². The molecule has 98 valence electrons. The van der Waals surface area contributed by atoms with E-state index in [2.05, 4.69) is 0 Å². The summed E-state index contributed by atoms with van der Waals surface area (Å²) < 4.78 is 1.82. The number of aromatic nitrogens is 2. The van der Waals surface area contributed by atoms with Crippen LogP contribution in [0.3, 0.4) is 0 Å². The van der Waals surface area contributed by atoms with Crippen LogP contribution in [0, 0.1) is 17.0 Å². The maximum atomic E-state index is 12.5. The van der Waals surface area contributed by atoms with Crippen LogP contribution in [0.1, 0.15) is 23.5 Å². The van der Waals surface area contributed by atoms with Crippen molar-refractivity contribution in [3.05, 3.63) is 56.5 Å². The van der Waals surface area contributed by atoms with Crippen LogP contribution < -0.4 is 4.43 Å². The Bertz CT molecular complexity index is 705. The molecule has 0 saturated heterocycles. The first-order chi connectivity index (χ1) is 9.09. The fourth-order valence-electron chi connectivity index (χ4n) is 2.66. The molecule has 1 aliphatic rings. The highest BCUT2D eigenvalue weighted by molar-refractivity contribution is 6.30. The molecule has 1 heterocycles. The Balaban J connectivity index is 2.30. The summed E-state index contributed by atoms with van der Waals surface area (Å²) in [5.41, 5.74) is 2.80. The van der Waals surface area contributed by atoms with Crippen molar-refractivity contribution in [3.8, 4) is 11.3 Å². The van der Waals surface area contributed by atoms with Crippen molar-refractivity contribution < 1.29 is 4.43 Å². The summed E-state index contributed by atoms with van der Waals surface area (Å²) in [6.07, 6.45) is 2.22. The Morgan fingerprint density at radius 3 is 2.63 bits per heavy atom. The van der Waals surface area contributed by atoms with Gasteiger partial charge in [-0.05, 0) is 44.0 Å². The molecule has 0 fully saturated rings. The van der Waals surface area contributed by atoms with Crippen LogP contribution >= 0.6 is 11.6 Å². The first-order valence-corrected chi connectivity index (χ1v) is 6.60. The highest BCUT2D eigenvalue weighted by Crippen LogP contribution is 2.26. The number of rotatable bonds is 1. The van der Waals surface area contributed by atoms with E-state index in [-0.39, 0.29) is 0 Å². The van der Waals surface area contributed by atoms with Gasteiger partial charge in [-0.1, -0.05) is 11.6 Å². The van der Waals surface area contributed by atoms with Gasteiger partial charge in [0.25, 0.3) is 11.4 Å². The standard InChI is InChI=1S/C14H13ClN2O2/c1-9-14(10-5-7-11(15)8-6-10)17(19)13-4-2-3-12(13)16(9)18/h5-8H,2-4H2,1H3. The minimum absolute atomic E-state index is 0.423. The molecule has 0 aliphatic heterocycles. The van der Waals surface area contributed by atoms with Gasteiger partial charge in [-0.25, -0.2) is 0 Å². The van der Waals surface area contributed by atoms with Gasteiger partial charge >= 0.3 is 0 Å². The zero-order chi connectivity index (χ0) is 13.6. The molecular weight excluding hydrogens is 264 g/mol. The van der Waals surface area contributed by atoms with Crippen LogP contribution in [0.2, 0.25) is 5.02 Å². The average molecular weight is 277 g/mol. The summed E-state index contributed by atoms with van der Waals surface area (Å²) in [5, 5.41) is 12.8. The van der Waals surface area contributed by atoms with Crippen molar-refractivity contribution in [2.45, 2.75) is 26.2 Å². The number of hydrogen-bond acceptors (Lipinski definition) is 2. The van der Waals surface area contributed by atoms with E-state index < -0.39 is 0 Å². The maximum absolute atomic E-state index is 12.5. The van der Waals surface area contributed by atoms with Crippen LogP contribution in [-0.4, -0.2) is 4.73 Å². The van der Waals surface area contributed by atoms with Gasteiger partial charge in [-0.3, -0.25) is 0 Å². The molecule has 0 atom stereocenters. The minimum Gasteiger partial charge on any atom is -0.805 e. The second kappa shape index (κ2) is 4.38. The van der Waals surface area contributed by atoms with Crippen molar-refractivity contribution >= 4 is 11.6 Å². The molecule has 0 bridgehead atoms. The fourth-order valence-corrected chi connectivity index (χ4v) is 2.79. The molecule has 5 heteroatoms. The van der Waals surface area contributed by atoms with Crippen molar-refractivity contribution in [2.75, 3.05) is 0 Å². The summed E-state index contributed by atoms with van der Waals surface area (Å²) in [5.74, 6) is 0. The maximum Gasteiger partial charge on any atom is 0.289 e. The molecule has 2 aromatic rings. The SMILES string of the molecule is Cc1c(-c2ccc(Cl)cc2)[n+](=O)c2c(n1[O-])CCC2. The zero-order valence-electron chi connectivity index (χ0n) is 10.5. The monoisotopic (exact) mass is 276 g/mol. The molecule has 3 rings (SSSR count). The van der Waals surface area contributed by atoms with Crippen LogP contribution in [0.4, 0.5) is 0 Å². The van der Waals surface area contributed by atoms with E-state index in [4.69, 9.17) is 11.6 Å². The highest BCUT2D eigenvalue weighted by Gasteiger charge is 2.29. The number of hydrogen-bond donors (Lipinski definition) is 0. The topological polar surface area (TPSA) is 51.0 Å². The van der Waals surface area contributed by atoms with Crippen molar-refractivity contribution in [2.24, 2.45) is 0 Å². The lowest BCUT2D eigenvalue weighted by atomic mass is 10.1. The quantitative estimate of drug-likeness (QED) is 0.752. The lowest BCUT2D eigenvalue weighted by Gasteiger charge is -2.18. The number of nitrogens with zero attached hydrogens (tertiary/aromatic N) is 2. The van der Waals surface area contributed by atoms with Gasteiger partial charge in [-0.15, -0.1) is 0 Å². The predicted octanol–water partition coefficient (Wildman–Crippen LogP) is 2.87. The Morgan fingerprint density at radius 2 is 1.95 bits per heavy atom. The first-order valence-electron chi connectivity index (χ1n) is 6.23. The number of benzene rings is 1. The third-order valence-electron chi connectivity index (χ3n) is 3.62. The fraction of sp³-hybridized carbons (Fsp3) is 0.286. The van der Waals surface area contributed by atoms with Crippen molar-refractivity contribution in [1.29, 1.82) is 0 Å². The summed E-state index contributed by atoms with van der Waals surface area (Å²) in [7, 11) is 0. The number of halogens is 1. The van der Waals surface area contributed by atoms with E-state index in [1.165, 1.54) is 0 Å². The Kier molecular flexibility index (Phi) is 2.82. The van der Waals surface area contributed by atoms with Crippen LogP contribution in [0.15, 0.2) is 24.3 Å². The molecule has 0 spiro atoms. The lowest BCUT2D eigenvalue weighted by Crippen LogP contribution is -2.28. The first kappa shape index (κ1) is 12.2. The lowest BCUT2D eigenvalue weighted by molar-refractivity contribution is -0.493. The molecule has 4 nitrogen and oxygen atoms in total. The third-order valence-corrected chi connectivity index (χ3v) is 3.87. The smallest absolute Gasteiger partial charge is 0.289 e. The second-order valence-electron chi connectivity index (χ2n) is 4.78. The molecule has 0 amide bonds. The molecule has 0 radical (unpaired) electrons. The van der Waals surface area contributed by atoms with Gasteiger partial charge in [0.2, 0.25) is 0 Å². The van der Waals surface area contributed by atoms with E-state index in [0.29, 0.717) is 40.6 Å². The van der Waals surface area contributed by atoms with Crippen molar-refractivity contribution in [1.82, 2.24) is 4.73 Å². The Hall–Kier alpha value is -1.81. The van der Waals surface area contributed by atoms with E-state index in [9.17, 15) is 10.1 Å². The van der Waals surface area contributed by atoms with E-state index in [1.54, 1.807) is 31.2 Å². The molecule has 0 N–H and O–H groups in total. The normalized spacial score (nSPS) is 13.6. The van der Waals surface area contributed by atoms with Gasteiger partial charge in [0.1, 0.15) is 0 Å². The molecule has 0 saturated carbocycles. The van der Waals surface area contributed by atoms with Gasteiger partial charge in [0.05, 0.1) is 21.4 Å². The third kappa shape index (κ3) is 1.83. The summed E-state index contributed by atoms with van der Waals surface area (Å²) >= 11 is 5.85. The average Bonchev–Trinajstić information content (AvgIpc) is 2.88.